The van der Waals surface area contributed by atoms with Gasteiger partial charge in [-0.05, 0) is 28.5 Å². The van der Waals surface area contributed by atoms with Crippen LogP contribution in [-0.4, -0.2) is 5.78 Å². The molecule has 0 saturated heterocycles. The van der Waals surface area contributed by atoms with Crippen molar-refractivity contribution < 1.29 is 9.53 Å². The number of carbonyl (C=O) groups excluding carboxylic acids is 1. The van der Waals surface area contributed by atoms with Gasteiger partial charge < -0.3 is 4.74 Å². The SMILES string of the molecule is O=C1C=Cc2ccccc2[C@]12Cc1c(ccc3ccccc13)O2. The van der Waals surface area contributed by atoms with E-state index >= 15 is 0 Å². The Hall–Kier alpha value is -2.87. The highest BCUT2D eigenvalue weighted by molar-refractivity contribution is 6.05. The van der Waals surface area contributed by atoms with Crippen molar-refractivity contribution in [3.05, 3.63) is 83.4 Å². The van der Waals surface area contributed by atoms with Gasteiger partial charge in [0.2, 0.25) is 11.4 Å². The van der Waals surface area contributed by atoms with Gasteiger partial charge in [-0.25, -0.2) is 0 Å². The summed E-state index contributed by atoms with van der Waals surface area (Å²) in [5.41, 5.74) is 2.25. The molecular formula is C21H14O2. The lowest BCUT2D eigenvalue weighted by Gasteiger charge is -2.30. The summed E-state index contributed by atoms with van der Waals surface area (Å²) in [7, 11) is 0. The highest BCUT2D eigenvalue weighted by Crippen LogP contribution is 2.47. The maximum atomic E-state index is 12.8. The molecule has 110 valence electrons. The normalized spacial score (nSPS) is 21.3. The summed E-state index contributed by atoms with van der Waals surface area (Å²) in [4.78, 5) is 12.8. The fourth-order valence-corrected chi connectivity index (χ4v) is 3.80. The van der Waals surface area contributed by atoms with E-state index in [1.165, 1.54) is 10.8 Å². The second kappa shape index (κ2) is 4.32. The number of hydrogen-bond acceptors (Lipinski definition) is 2. The molecule has 0 fully saturated rings. The highest BCUT2D eigenvalue weighted by Gasteiger charge is 2.49. The molecular weight excluding hydrogens is 284 g/mol. The zero-order valence-electron chi connectivity index (χ0n) is 12.5. The Labute approximate surface area is 134 Å². The van der Waals surface area contributed by atoms with Crippen LogP contribution in [0.3, 0.4) is 0 Å². The van der Waals surface area contributed by atoms with Crippen molar-refractivity contribution in [1.29, 1.82) is 0 Å². The number of benzene rings is 3. The molecule has 23 heavy (non-hydrogen) atoms. The van der Waals surface area contributed by atoms with Crippen molar-refractivity contribution in [2.45, 2.75) is 12.0 Å². The number of hydrogen-bond donors (Lipinski definition) is 0. The second-order valence-electron chi connectivity index (χ2n) is 6.15. The molecule has 2 aliphatic rings. The molecule has 0 aromatic heterocycles. The minimum absolute atomic E-state index is 0.0245. The predicted octanol–water partition coefficient (Wildman–Crippen LogP) is 4.27. The van der Waals surface area contributed by atoms with Crippen LogP contribution in [-0.2, 0) is 16.8 Å². The van der Waals surface area contributed by atoms with Crippen molar-refractivity contribution in [3.8, 4) is 5.75 Å². The lowest BCUT2D eigenvalue weighted by atomic mass is 9.79. The van der Waals surface area contributed by atoms with E-state index in [2.05, 4.69) is 18.2 Å². The fraction of sp³-hybridized carbons (Fsp3) is 0.0952. The van der Waals surface area contributed by atoms with Crippen LogP contribution in [0.1, 0.15) is 16.7 Å². The molecule has 0 saturated carbocycles. The van der Waals surface area contributed by atoms with Gasteiger partial charge in [0.1, 0.15) is 5.75 Å². The zero-order chi connectivity index (χ0) is 15.4. The van der Waals surface area contributed by atoms with Crippen molar-refractivity contribution in [2.24, 2.45) is 0 Å². The molecule has 0 radical (unpaired) electrons. The van der Waals surface area contributed by atoms with Crippen LogP contribution in [0.2, 0.25) is 0 Å². The van der Waals surface area contributed by atoms with Gasteiger partial charge in [-0.2, -0.15) is 0 Å². The minimum atomic E-state index is -0.905. The minimum Gasteiger partial charge on any atom is -0.474 e. The molecule has 1 aliphatic heterocycles. The van der Waals surface area contributed by atoms with Crippen LogP contribution < -0.4 is 4.74 Å². The van der Waals surface area contributed by atoms with Gasteiger partial charge in [0.15, 0.2) is 0 Å². The first-order chi connectivity index (χ1) is 11.3. The zero-order valence-corrected chi connectivity index (χ0v) is 12.5. The van der Waals surface area contributed by atoms with Crippen molar-refractivity contribution in [1.82, 2.24) is 0 Å². The molecule has 0 amide bonds. The van der Waals surface area contributed by atoms with Gasteiger partial charge in [-0.1, -0.05) is 60.7 Å². The van der Waals surface area contributed by atoms with Crippen LogP contribution in [0.25, 0.3) is 16.8 Å². The predicted molar refractivity (Wildman–Crippen MR) is 90.4 cm³/mol. The third-order valence-corrected chi connectivity index (χ3v) is 4.92. The summed E-state index contributed by atoms with van der Waals surface area (Å²) in [5, 5.41) is 2.35. The van der Waals surface area contributed by atoms with Crippen LogP contribution in [0, 0.1) is 0 Å². The first kappa shape index (κ1) is 12.7. The van der Waals surface area contributed by atoms with Crippen molar-refractivity contribution in [3.63, 3.8) is 0 Å². The highest BCUT2D eigenvalue weighted by atomic mass is 16.5. The molecule has 3 aromatic rings. The molecule has 0 unspecified atom stereocenters. The summed E-state index contributed by atoms with van der Waals surface area (Å²) in [6.07, 6.45) is 4.12. The summed E-state index contributed by atoms with van der Waals surface area (Å²) in [6.45, 7) is 0. The summed E-state index contributed by atoms with van der Waals surface area (Å²) in [5.74, 6) is 0.846. The molecule has 0 N–H and O–H groups in total. The molecule has 1 spiro atoms. The Morgan fingerprint density at radius 3 is 2.65 bits per heavy atom. The monoisotopic (exact) mass is 298 g/mol. The number of rotatable bonds is 0. The smallest absolute Gasteiger partial charge is 0.204 e. The van der Waals surface area contributed by atoms with Crippen LogP contribution in [0.4, 0.5) is 0 Å². The van der Waals surface area contributed by atoms with E-state index in [1.54, 1.807) is 6.08 Å². The van der Waals surface area contributed by atoms with E-state index in [1.807, 2.05) is 48.5 Å². The maximum absolute atomic E-state index is 12.8. The van der Waals surface area contributed by atoms with E-state index in [-0.39, 0.29) is 5.78 Å². The number of ketones is 1. The van der Waals surface area contributed by atoms with E-state index in [4.69, 9.17) is 4.74 Å². The van der Waals surface area contributed by atoms with Gasteiger partial charge in [-0.3, -0.25) is 4.79 Å². The van der Waals surface area contributed by atoms with Crippen molar-refractivity contribution in [2.75, 3.05) is 0 Å². The van der Waals surface area contributed by atoms with Gasteiger partial charge >= 0.3 is 0 Å². The van der Waals surface area contributed by atoms with E-state index in [0.717, 1.165) is 22.4 Å². The van der Waals surface area contributed by atoms with E-state index < -0.39 is 5.60 Å². The first-order valence-corrected chi connectivity index (χ1v) is 7.80. The maximum Gasteiger partial charge on any atom is 0.204 e. The number of ether oxygens (including phenoxy) is 1. The molecule has 1 heterocycles. The van der Waals surface area contributed by atoms with Gasteiger partial charge in [0.25, 0.3) is 0 Å². The molecule has 1 aliphatic carbocycles. The van der Waals surface area contributed by atoms with Crippen molar-refractivity contribution >= 4 is 22.6 Å². The van der Waals surface area contributed by atoms with E-state index in [9.17, 15) is 4.79 Å². The van der Waals surface area contributed by atoms with Gasteiger partial charge in [0.05, 0.1) is 0 Å². The largest absolute Gasteiger partial charge is 0.474 e. The van der Waals surface area contributed by atoms with Crippen LogP contribution in [0.15, 0.2) is 66.7 Å². The summed E-state index contributed by atoms with van der Waals surface area (Å²) >= 11 is 0. The van der Waals surface area contributed by atoms with Crippen LogP contribution in [0.5, 0.6) is 5.75 Å². The third-order valence-electron chi connectivity index (χ3n) is 4.92. The van der Waals surface area contributed by atoms with E-state index in [0.29, 0.717) is 6.42 Å². The molecule has 2 heteroatoms. The summed E-state index contributed by atoms with van der Waals surface area (Å²) < 4.78 is 6.28. The topological polar surface area (TPSA) is 26.3 Å². The fourth-order valence-electron chi connectivity index (χ4n) is 3.80. The Balaban J connectivity index is 1.76. The van der Waals surface area contributed by atoms with Gasteiger partial charge in [-0.15, -0.1) is 0 Å². The molecule has 2 nitrogen and oxygen atoms in total. The van der Waals surface area contributed by atoms with Gasteiger partial charge in [0, 0.05) is 17.5 Å². The summed E-state index contributed by atoms with van der Waals surface area (Å²) in [6, 6.07) is 20.3. The number of carbonyl (C=O) groups is 1. The average Bonchev–Trinajstić information content (AvgIpc) is 3.00. The molecule has 3 aromatic carbocycles. The number of fused-ring (bicyclic) bond motifs is 5. The Kier molecular flexibility index (Phi) is 2.38. The Bertz CT molecular complexity index is 1000. The average molecular weight is 298 g/mol. The molecule has 5 rings (SSSR count). The first-order valence-electron chi connectivity index (χ1n) is 7.80. The lowest BCUT2D eigenvalue weighted by Crippen LogP contribution is -2.41. The Morgan fingerprint density at radius 2 is 1.70 bits per heavy atom. The Morgan fingerprint density at radius 1 is 0.870 bits per heavy atom. The third kappa shape index (κ3) is 1.61. The molecule has 1 atom stereocenters. The second-order valence-corrected chi connectivity index (χ2v) is 6.15. The van der Waals surface area contributed by atoms with Crippen LogP contribution >= 0.6 is 0 Å². The molecule has 0 bridgehead atoms. The lowest BCUT2D eigenvalue weighted by molar-refractivity contribution is -0.128. The quantitative estimate of drug-likeness (QED) is 0.619. The standard InChI is InChI=1S/C21H14O2/c22-20-12-10-15-6-2-4-8-18(15)21(20)13-17-16-7-3-1-5-14(16)9-11-19(17)23-21/h1-12H,13H2/t21-/m1/s1.